The molecule has 0 unspecified atom stereocenters. The predicted molar refractivity (Wildman–Crippen MR) is 89.3 cm³/mol. The van der Waals surface area contributed by atoms with E-state index in [0.717, 1.165) is 28.2 Å². The summed E-state index contributed by atoms with van der Waals surface area (Å²) in [4.78, 5) is 9.24. The Kier molecular flexibility index (Phi) is 3.13. The van der Waals surface area contributed by atoms with Crippen LogP contribution in [-0.4, -0.2) is 14.5 Å². The summed E-state index contributed by atoms with van der Waals surface area (Å²) in [7, 11) is 0. The largest absolute Gasteiger partial charge is 0.277 e. The van der Waals surface area contributed by atoms with E-state index in [9.17, 15) is 0 Å². The van der Waals surface area contributed by atoms with Crippen LogP contribution in [0.3, 0.4) is 0 Å². The Labute approximate surface area is 132 Å². The van der Waals surface area contributed by atoms with Crippen LogP contribution in [0.1, 0.15) is 0 Å². The van der Waals surface area contributed by atoms with Gasteiger partial charge in [0.15, 0.2) is 5.65 Å². The Bertz CT molecular complexity index is 928. The van der Waals surface area contributed by atoms with E-state index in [4.69, 9.17) is 16.6 Å². The van der Waals surface area contributed by atoms with E-state index in [1.54, 1.807) is 6.20 Å². The van der Waals surface area contributed by atoms with Gasteiger partial charge < -0.3 is 0 Å². The third-order valence-electron chi connectivity index (χ3n) is 3.53. The number of aromatic nitrogens is 3. The second kappa shape index (κ2) is 5.28. The van der Waals surface area contributed by atoms with Gasteiger partial charge in [-0.15, -0.1) is 0 Å². The topological polar surface area (TPSA) is 30.7 Å². The number of para-hydroxylation sites is 1. The van der Waals surface area contributed by atoms with Crippen molar-refractivity contribution in [1.29, 1.82) is 0 Å². The van der Waals surface area contributed by atoms with Gasteiger partial charge in [0, 0.05) is 22.5 Å². The van der Waals surface area contributed by atoms with E-state index in [1.807, 2.05) is 54.6 Å². The molecule has 2 aromatic carbocycles. The molecule has 0 saturated heterocycles. The number of rotatable bonds is 2. The second-order valence-electron chi connectivity index (χ2n) is 4.96. The van der Waals surface area contributed by atoms with Gasteiger partial charge in [0.2, 0.25) is 0 Å². The number of fused-ring (bicyclic) bond motifs is 1. The molecule has 3 nitrogen and oxygen atoms in total. The quantitative estimate of drug-likeness (QED) is 0.535. The number of benzene rings is 2. The molecular formula is C18H12ClN3. The first kappa shape index (κ1) is 13.0. The zero-order valence-corrected chi connectivity index (χ0v) is 12.4. The van der Waals surface area contributed by atoms with Crippen LogP contribution in [-0.2, 0) is 0 Å². The average molecular weight is 306 g/mol. The fraction of sp³-hybridized carbons (Fsp3) is 0. The molecule has 0 aliphatic heterocycles. The minimum absolute atomic E-state index is 0.712. The third-order valence-corrected chi connectivity index (χ3v) is 3.78. The molecule has 2 aromatic heterocycles. The number of halogens is 1. The number of hydrogen-bond acceptors (Lipinski definition) is 2. The van der Waals surface area contributed by atoms with Crippen molar-refractivity contribution in [2.45, 2.75) is 0 Å². The third kappa shape index (κ3) is 2.16. The zero-order chi connectivity index (χ0) is 14.9. The van der Waals surface area contributed by atoms with E-state index < -0.39 is 0 Å². The second-order valence-corrected chi connectivity index (χ2v) is 5.40. The van der Waals surface area contributed by atoms with Crippen molar-refractivity contribution < 1.29 is 0 Å². The highest BCUT2D eigenvalue weighted by Crippen LogP contribution is 2.28. The number of imidazole rings is 1. The molecule has 4 rings (SSSR count). The highest BCUT2D eigenvalue weighted by atomic mass is 35.5. The number of hydrogen-bond donors (Lipinski definition) is 0. The van der Waals surface area contributed by atoms with Crippen LogP contribution in [0.2, 0.25) is 5.02 Å². The summed E-state index contributed by atoms with van der Waals surface area (Å²) in [6.45, 7) is 0. The lowest BCUT2D eigenvalue weighted by molar-refractivity contribution is 1.08. The summed E-state index contributed by atoms with van der Waals surface area (Å²) in [5, 5.41) is 0.712. The Morgan fingerprint density at radius 2 is 1.59 bits per heavy atom. The van der Waals surface area contributed by atoms with Crippen LogP contribution in [0.5, 0.6) is 0 Å². The molecule has 4 aromatic rings. The molecule has 0 bridgehead atoms. The van der Waals surface area contributed by atoms with E-state index >= 15 is 0 Å². The Morgan fingerprint density at radius 3 is 2.36 bits per heavy atom. The maximum absolute atomic E-state index is 6.00. The molecule has 106 valence electrons. The first-order valence-electron chi connectivity index (χ1n) is 6.98. The van der Waals surface area contributed by atoms with Gasteiger partial charge in [-0.1, -0.05) is 29.8 Å². The van der Waals surface area contributed by atoms with Gasteiger partial charge in [-0.25, -0.2) is 9.97 Å². The van der Waals surface area contributed by atoms with Gasteiger partial charge in [-0.05, 0) is 48.5 Å². The van der Waals surface area contributed by atoms with E-state index in [1.165, 1.54) is 0 Å². The standard InChI is InChI=1S/C18H12ClN3/c19-14-10-8-13(9-11-14)17-21-16-7-4-12-20-18(16)22(17)15-5-2-1-3-6-15/h1-12H. The van der Waals surface area contributed by atoms with Crippen molar-refractivity contribution in [3.63, 3.8) is 0 Å². The van der Waals surface area contributed by atoms with Crippen molar-refractivity contribution in [2.75, 3.05) is 0 Å². The van der Waals surface area contributed by atoms with Gasteiger partial charge in [0.1, 0.15) is 11.3 Å². The van der Waals surface area contributed by atoms with Crippen LogP contribution in [0.15, 0.2) is 72.9 Å². The molecule has 0 aliphatic carbocycles. The molecule has 0 fully saturated rings. The highest BCUT2D eigenvalue weighted by Gasteiger charge is 2.14. The summed E-state index contributed by atoms with van der Waals surface area (Å²) in [6, 6.07) is 21.7. The Balaban J connectivity index is 2.04. The predicted octanol–water partition coefficient (Wildman–Crippen LogP) is 4.74. The molecule has 4 heteroatoms. The van der Waals surface area contributed by atoms with Gasteiger partial charge in [-0.3, -0.25) is 4.57 Å². The van der Waals surface area contributed by atoms with Crippen molar-refractivity contribution in [3.05, 3.63) is 77.9 Å². The molecule has 0 aliphatic rings. The van der Waals surface area contributed by atoms with Gasteiger partial charge >= 0.3 is 0 Å². The Hall–Kier alpha value is -2.65. The zero-order valence-electron chi connectivity index (χ0n) is 11.6. The monoisotopic (exact) mass is 305 g/mol. The molecule has 22 heavy (non-hydrogen) atoms. The van der Waals surface area contributed by atoms with Crippen LogP contribution < -0.4 is 0 Å². The van der Waals surface area contributed by atoms with E-state index in [2.05, 4.69) is 21.7 Å². The average Bonchev–Trinajstić information content (AvgIpc) is 2.96. The molecule has 0 saturated carbocycles. The molecular weight excluding hydrogens is 294 g/mol. The molecule has 0 amide bonds. The van der Waals surface area contributed by atoms with Crippen LogP contribution in [0.25, 0.3) is 28.2 Å². The van der Waals surface area contributed by atoms with Crippen molar-refractivity contribution >= 4 is 22.8 Å². The van der Waals surface area contributed by atoms with Crippen molar-refractivity contribution in [3.8, 4) is 17.1 Å². The summed E-state index contributed by atoms with van der Waals surface area (Å²) < 4.78 is 2.07. The Morgan fingerprint density at radius 1 is 0.818 bits per heavy atom. The lowest BCUT2D eigenvalue weighted by Crippen LogP contribution is -1.98. The summed E-state index contributed by atoms with van der Waals surface area (Å²) in [5.41, 5.74) is 3.76. The summed E-state index contributed by atoms with van der Waals surface area (Å²) >= 11 is 6.00. The van der Waals surface area contributed by atoms with Crippen molar-refractivity contribution in [1.82, 2.24) is 14.5 Å². The molecule has 2 heterocycles. The van der Waals surface area contributed by atoms with Crippen LogP contribution in [0, 0.1) is 0 Å². The lowest BCUT2D eigenvalue weighted by atomic mass is 10.2. The fourth-order valence-corrected chi connectivity index (χ4v) is 2.65. The number of nitrogens with zero attached hydrogens (tertiary/aromatic N) is 3. The molecule has 0 spiro atoms. The van der Waals surface area contributed by atoms with E-state index in [0.29, 0.717) is 5.02 Å². The SMILES string of the molecule is Clc1ccc(-c2nc3cccnc3n2-c2ccccc2)cc1. The maximum Gasteiger partial charge on any atom is 0.164 e. The first-order valence-corrected chi connectivity index (χ1v) is 7.35. The van der Waals surface area contributed by atoms with Gasteiger partial charge in [0.05, 0.1) is 0 Å². The molecule has 0 N–H and O–H groups in total. The fourth-order valence-electron chi connectivity index (χ4n) is 2.53. The molecule has 0 radical (unpaired) electrons. The van der Waals surface area contributed by atoms with Crippen LogP contribution >= 0.6 is 11.6 Å². The minimum atomic E-state index is 0.712. The van der Waals surface area contributed by atoms with E-state index in [-0.39, 0.29) is 0 Å². The van der Waals surface area contributed by atoms with Gasteiger partial charge in [0.25, 0.3) is 0 Å². The van der Waals surface area contributed by atoms with Crippen molar-refractivity contribution in [2.24, 2.45) is 0 Å². The summed E-state index contributed by atoms with van der Waals surface area (Å²) in [5.74, 6) is 0.858. The summed E-state index contributed by atoms with van der Waals surface area (Å²) in [6.07, 6.45) is 1.79. The minimum Gasteiger partial charge on any atom is -0.277 e. The number of pyridine rings is 1. The molecule has 0 atom stereocenters. The highest BCUT2D eigenvalue weighted by molar-refractivity contribution is 6.30. The smallest absolute Gasteiger partial charge is 0.164 e. The van der Waals surface area contributed by atoms with Crippen LogP contribution in [0.4, 0.5) is 0 Å². The maximum atomic E-state index is 6.00. The normalized spacial score (nSPS) is 11.0. The lowest BCUT2D eigenvalue weighted by Gasteiger charge is -2.08. The van der Waals surface area contributed by atoms with Gasteiger partial charge in [-0.2, -0.15) is 0 Å². The first-order chi connectivity index (χ1) is 10.8.